The van der Waals surface area contributed by atoms with Crippen LogP contribution in [0.3, 0.4) is 0 Å². The predicted octanol–water partition coefficient (Wildman–Crippen LogP) is -1.19. The van der Waals surface area contributed by atoms with Gasteiger partial charge in [0.2, 0.25) is 6.23 Å². The second kappa shape index (κ2) is 4.51. The molecule has 0 aliphatic carbocycles. The maximum atomic E-state index is 13.8. The van der Waals surface area contributed by atoms with Crippen molar-refractivity contribution in [3.8, 4) is 0 Å². The SMILES string of the molecule is CC(O)[C@H]1O[C@@H](n2ccc(=O)[nH]c2=O)C(F)(F)C1O. The molecule has 106 valence electrons. The van der Waals surface area contributed by atoms with Crippen LogP contribution in [-0.2, 0) is 4.74 Å². The van der Waals surface area contributed by atoms with E-state index in [9.17, 15) is 28.6 Å². The molecule has 0 saturated carbocycles. The molecule has 2 rings (SSSR count). The van der Waals surface area contributed by atoms with Gasteiger partial charge in [-0.3, -0.25) is 14.3 Å². The molecular weight excluding hydrogens is 266 g/mol. The number of rotatable bonds is 2. The van der Waals surface area contributed by atoms with Crippen molar-refractivity contribution >= 4 is 0 Å². The lowest BCUT2D eigenvalue weighted by Crippen LogP contribution is -2.43. The average Bonchev–Trinajstić information content (AvgIpc) is 2.52. The number of nitrogens with zero attached hydrogens (tertiary/aromatic N) is 1. The Morgan fingerprint density at radius 2 is 2.16 bits per heavy atom. The number of alkyl halides is 2. The largest absolute Gasteiger partial charge is 0.391 e. The van der Waals surface area contributed by atoms with Crippen LogP contribution in [0.4, 0.5) is 8.78 Å². The quantitative estimate of drug-likeness (QED) is 0.631. The third kappa shape index (κ3) is 2.20. The van der Waals surface area contributed by atoms with Crippen molar-refractivity contribution < 1.29 is 23.7 Å². The van der Waals surface area contributed by atoms with E-state index in [1.54, 1.807) is 4.98 Å². The van der Waals surface area contributed by atoms with E-state index in [0.717, 1.165) is 12.3 Å². The Morgan fingerprint density at radius 1 is 1.53 bits per heavy atom. The van der Waals surface area contributed by atoms with Gasteiger partial charge in [0, 0.05) is 12.3 Å². The van der Waals surface area contributed by atoms with Gasteiger partial charge >= 0.3 is 11.6 Å². The Morgan fingerprint density at radius 3 is 2.63 bits per heavy atom. The van der Waals surface area contributed by atoms with Crippen molar-refractivity contribution in [1.29, 1.82) is 0 Å². The zero-order valence-corrected chi connectivity index (χ0v) is 9.79. The summed E-state index contributed by atoms with van der Waals surface area (Å²) in [6.45, 7) is 1.18. The Balaban J connectivity index is 2.45. The van der Waals surface area contributed by atoms with Crippen molar-refractivity contribution in [2.24, 2.45) is 0 Å². The minimum absolute atomic E-state index is 0.465. The molecule has 7 nitrogen and oxygen atoms in total. The van der Waals surface area contributed by atoms with Crippen molar-refractivity contribution in [3.63, 3.8) is 0 Å². The molecule has 1 fully saturated rings. The summed E-state index contributed by atoms with van der Waals surface area (Å²) in [5.41, 5.74) is -1.83. The van der Waals surface area contributed by atoms with E-state index >= 15 is 0 Å². The standard InChI is InChI=1S/C10H12F2N2O5/c1-4(15)6-7(17)10(11,12)8(19-6)14-3-2-5(16)13-9(14)18/h2-4,6-8,15,17H,1H3,(H,13,16,18)/t4?,6-,7?,8-/m1/s1. The van der Waals surface area contributed by atoms with E-state index in [1.165, 1.54) is 6.92 Å². The highest BCUT2D eigenvalue weighted by Crippen LogP contribution is 2.42. The molecule has 1 saturated heterocycles. The van der Waals surface area contributed by atoms with Crippen LogP contribution in [0.25, 0.3) is 0 Å². The first-order valence-electron chi connectivity index (χ1n) is 5.46. The lowest BCUT2D eigenvalue weighted by molar-refractivity contribution is -0.141. The van der Waals surface area contributed by atoms with Crippen LogP contribution in [0.5, 0.6) is 0 Å². The second-order valence-electron chi connectivity index (χ2n) is 4.33. The Labute approximate surface area is 105 Å². The van der Waals surface area contributed by atoms with Crippen molar-refractivity contribution in [3.05, 3.63) is 33.1 Å². The van der Waals surface area contributed by atoms with Gasteiger partial charge < -0.3 is 14.9 Å². The smallest absolute Gasteiger partial charge is 0.330 e. The van der Waals surface area contributed by atoms with E-state index in [2.05, 4.69) is 0 Å². The monoisotopic (exact) mass is 278 g/mol. The Hall–Kier alpha value is -1.58. The fourth-order valence-corrected chi connectivity index (χ4v) is 1.92. The average molecular weight is 278 g/mol. The molecule has 9 heteroatoms. The number of aliphatic hydroxyl groups excluding tert-OH is 2. The van der Waals surface area contributed by atoms with Crippen LogP contribution < -0.4 is 11.2 Å². The van der Waals surface area contributed by atoms with Gasteiger partial charge in [0.15, 0.2) is 6.10 Å². The van der Waals surface area contributed by atoms with E-state index in [0.29, 0.717) is 4.57 Å². The Bertz CT molecular complexity index is 582. The lowest BCUT2D eigenvalue weighted by atomic mass is 10.1. The molecule has 0 spiro atoms. The number of halogens is 2. The van der Waals surface area contributed by atoms with Crippen LogP contribution in [0.1, 0.15) is 13.2 Å². The van der Waals surface area contributed by atoms with Gasteiger partial charge in [-0.15, -0.1) is 0 Å². The van der Waals surface area contributed by atoms with Crippen LogP contribution in [0, 0.1) is 0 Å². The summed E-state index contributed by atoms with van der Waals surface area (Å²) < 4.78 is 33.0. The molecule has 2 heterocycles. The van der Waals surface area contributed by atoms with Gasteiger partial charge in [0.1, 0.15) is 6.10 Å². The van der Waals surface area contributed by atoms with Crippen LogP contribution >= 0.6 is 0 Å². The van der Waals surface area contributed by atoms with Crippen molar-refractivity contribution in [2.45, 2.75) is 37.4 Å². The minimum Gasteiger partial charge on any atom is -0.391 e. The molecule has 0 bridgehead atoms. The number of H-pyrrole nitrogens is 1. The van der Waals surface area contributed by atoms with Gasteiger partial charge in [-0.1, -0.05) is 0 Å². The highest BCUT2D eigenvalue weighted by Gasteiger charge is 2.60. The number of aliphatic hydroxyl groups is 2. The summed E-state index contributed by atoms with van der Waals surface area (Å²) in [5.74, 6) is -3.77. The molecule has 1 aromatic heterocycles. The number of hydrogen-bond acceptors (Lipinski definition) is 5. The van der Waals surface area contributed by atoms with E-state index in [1.807, 2.05) is 0 Å². The van der Waals surface area contributed by atoms with Gasteiger partial charge in [-0.25, -0.2) is 4.79 Å². The third-order valence-electron chi connectivity index (χ3n) is 2.90. The molecule has 1 aliphatic heterocycles. The fraction of sp³-hybridized carbons (Fsp3) is 0.600. The number of nitrogens with one attached hydrogen (secondary N) is 1. The summed E-state index contributed by atoms with van der Waals surface area (Å²) in [6, 6.07) is 0.878. The number of aromatic amines is 1. The number of hydrogen-bond donors (Lipinski definition) is 3. The molecule has 0 radical (unpaired) electrons. The van der Waals surface area contributed by atoms with Crippen molar-refractivity contribution in [1.82, 2.24) is 9.55 Å². The summed E-state index contributed by atoms with van der Waals surface area (Å²) in [5, 5.41) is 18.7. The molecule has 1 aliphatic rings. The zero-order valence-electron chi connectivity index (χ0n) is 9.79. The number of ether oxygens (including phenoxy) is 1. The van der Waals surface area contributed by atoms with Crippen LogP contribution in [0.15, 0.2) is 21.9 Å². The molecule has 0 amide bonds. The van der Waals surface area contributed by atoms with E-state index in [-0.39, 0.29) is 0 Å². The first kappa shape index (κ1) is 13.8. The highest BCUT2D eigenvalue weighted by molar-refractivity contribution is 4.99. The zero-order chi connectivity index (χ0) is 14.4. The molecule has 3 N–H and O–H groups in total. The van der Waals surface area contributed by atoms with Gasteiger partial charge in [-0.05, 0) is 6.92 Å². The summed E-state index contributed by atoms with van der Waals surface area (Å²) in [4.78, 5) is 24.1. The van der Waals surface area contributed by atoms with Crippen molar-refractivity contribution in [2.75, 3.05) is 0 Å². The topological polar surface area (TPSA) is 105 Å². The van der Waals surface area contributed by atoms with Crippen LogP contribution in [0.2, 0.25) is 0 Å². The molecular formula is C10H12F2N2O5. The maximum Gasteiger partial charge on any atom is 0.330 e. The summed E-state index contributed by atoms with van der Waals surface area (Å²) in [6.07, 6.45) is -6.37. The normalized spacial score (nSPS) is 31.3. The van der Waals surface area contributed by atoms with Gasteiger partial charge in [0.25, 0.3) is 5.56 Å². The molecule has 0 aromatic carbocycles. The number of aromatic nitrogens is 2. The second-order valence-corrected chi connectivity index (χ2v) is 4.33. The first-order valence-corrected chi connectivity index (χ1v) is 5.46. The molecule has 19 heavy (non-hydrogen) atoms. The molecule has 2 unspecified atom stereocenters. The van der Waals surface area contributed by atoms with Gasteiger partial charge in [-0.2, -0.15) is 8.78 Å². The maximum absolute atomic E-state index is 13.8. The van der Waals surface area contributed by atoms with E-state index < -0.39 is 41.7 Å². The first-order chi connectivity index (χ1) is 8.75. The predicted molar refractivity (Wildman–Crippen MR) is 57.9 cm³/mol. The minimum atomic E-state index is -3.77. The van der Waals surface area contributed by atoms with E-state index in [4.69, 9.17) is 4.74 Å². The highest BCUT2D eigenvalue weighted by atomic mass is 19.3. The molecule has 4 atom stereocenters. The lowest BCUT2D eigenvalue weighted by Gasteiger charge is -2.20. The summed E-state index contributed by atoms with van der Waals surface area (Å²) in [7, 11) is 0. The Kier molecular flexibility index (Phi) is 3.29. The fourth-order valence-electron chi connectivity index (χ4n) is 1.92. The summed E-state index contributed by atoms with van der Waals surface area (Å²) >= 11 is 0. The third-order valence-corrected chi connectivity index (χ3v) is 2.90. The van der Waals surface area contributed by atoms with Gasteiger partial charge in [0.05, 0.1) is 6.10 Å². The molecule has 1 aromatic rings. The van der Waals surface area contributed by atoms with Crippen LogP contribution in [-0.4, -0.2) is 44.0 Å².